The molecule has 0 aliphatic rings. The number of rotatable bonds is 8. The van der Waals surface area contributed by atoms with Crippen LogP contribution in [0.5, 0.6) is 5.75 Å². The molecule has 0 saturated carbocycles. The summed E-state index contributed by atoms with van der Waals surface area (Å²) in [5, 5.41) is 0. The summed E-state index contributed by atoms with van der Waals surface area (Å²) >= 11 is 0. The molecule has 0 spiro atoms. The molecule has 0 radical (unpaired) electrons. The number of hydrogen-bond donors (Lipinski definition) is 0. The quantitative estimate of drug-likeness (QED) is 0.419. The molecule has 0 saturated heterocycles. The molecular weight excluding hydrogens is 346 g/mol. The Kier molecular flexibility index (Phi) is 6.59. The highest BCUT2D eigenvalue weighted by atomic mass is 16.5. The first-order chi connectivity index (χ1) is 13.6. The van der Waals surface area contributed by atoms with Crippen molar-refractivity contribution in [1.82, 2.24) is 4.98 Å². The SMILES string of the molecule is CCCC[C@H](Oc1cccc(C)c1)c1cccc(-c2ccc(C(C)=O)cc2)n1. The van der Waals surface area contributed by atoms with Crippen LogP contribution in [0.3, 0.4) is 0 Å². The Bertz CT molecular complexity index is 931. The monoisotopic (exact) mass is 373 g/mol. The average molecular weight is 373 g/mol. The van der Waals surface area contributed by atoms with Crippen molar-refractivity contribution in [1.29, 1.82) is 0 Å². The predicted molar refractivity (Wildman–Crippen MR) is 114 cm³/mol. The molecule has 3 nitrogen and oxygen atoms in total. The maximum absolute atomic E-state index is 11.5. The Morgan fingerprint density at radius 1 is 1.04 bits per heavy atom. The first kappa shape index (κ1) is 19.8. The number of ketones is 1. The molecule has 1 aromatic heterocycles. The van der Waals surface area contributed by atoms with Gasteiger partial charge in [-0.1, -0.05) is 55.8 Å². The van der Waals surface area contributed by atoms with E-state index < -0.39 is 0 Å². The fourth-order valence-electron chi connectivity index (χ4n) is 3.18. The summed E-state index contributed by atoms with van der Waals surface area (Å²) in [4.78, 5) is 16.4. The molecular formula is C25H27NO2. The van der Waals surface area contributed by atoms with Crippen molar-refractivity contribution in [2.45, 2.75) is 46.1 Å². The minimum Gasteiger partial charge on any atom is -0.484 e. The molecule has 2 aromatic carbocycles. The van der Waals surface area contributed by atoms with E-state index in [0.29, 0.717) is 5.56 Å². The first-order valence-electron chi connectivity index (χ1n) is 9.88. The molecule has 0 unspecified atom stereocenters. The molecule has 0 bridgehead atoms. The second-order valence-electron chi connectivity index (χ2n) is 7.15. The maximum atomic E-state index is 11.5. The van der Waals surface area contributed by atoms with E-state index in [1.807, 2.05) is 54.6 Å². The van der Waals surface area contributed by atoms with Gasteiger partial charge in [0.1, 0.15) is 11.9 Å². The first-order valence-corrected chi connectivity index (χ1v) is 9.88. The van der Waals surface area contributed by atoms with Crippen LogP contribution in [0.25, 0.3) is 11.3 Å². The van der Waals surface area contributed by atoms with Crippen LogP contribution in [-0.2, 0) is 0 Å². The molecule has 3 aromatic rings. The third-order valence-electron chi connectivity index (χ3n) is 4.78. The van der Waals surface area contributed by atoms with Gasteiger partial charge in [-0.05, 0) is 56.5 Å². The van der Waals surface area contributed by atoms with Gasteiger partial charge >= 0.3 is 0 Å². The van der Waals surface area contributed by atoms with Gasteiger partial charge in [0.15, 0.2) is 5.78 Å². The van der Waals surface area contributed by atoms with E-state index in [1.165, 1.54) is 5.56 Å². The van der Waals surface area contributed by atoms with E-state index in [9.17, 15) is 4.79 Å². The lowest BCUT2D eigenvalue weighted by Crippen LogP contribution is -2.10. The van der Waals surface area contributed by atoms with Crippen LogP contribution in [0, 0.1) is 6.92 Å². The molecule has 144 valence electrons. The minimum atomic E-state index is -0.0850. The van der Waals surface area contributed by atoms with Crippen molar-refractivity contribution in [3.8, 4) is 17.0 Å². The normalized spacial score (nSPS) is 11.8. The summed E-state index contributed by atoms with van der Waals surface area (Å²) in [5.74, 6) is 0.943. The molecule has 0 aliphatic heterocycles. The third-order valence-corrected chi connectivity index (χ3v) is 4.78. The molecule has 0 N–H and O–H groups in total. The molecule has 3 rings (SSSR count). The number of Topliss-reactive ketones (excluding diaryl/α,β-unsaturated/α-hetero) is 1. The van der Waals surface area contributed by atoms with E-state index in [4.69, 9.17) is 9.72 Å². The van der Waals surface area contributed by atoms with Crippen LogP contribution in [0.15, 0.2) is 66.7 Å². The van der Waals surface area contributed by atoms with Crippen molar-refractivity contribution in [2.24, 2.45) is 0 Å². The molecule has 28 heavy (non-hydrogen) atoms. The van der Waals surface area contributed by atoms with E-state index in [-0.39, 0.29) is 11.9 Å². The van der Waals surface area contributed by atoms with E-state index in [0.717, 1.165) is 42.0 Å². The maximum Gasteiger partial charge on any atom is 0.159 e. The Hall–Kier alpha value is -2.94. The number of nitrogens with zero attached hydrogens (tertiary/aromatic N) is 1. The van der Waals surface area contributed by atoms with Crippen LogP contribution in [0.2, 0.25) is 0 Å². The zero-order valence-corrected chi connectivity index (χ0v) is 16.8. The summed E-state index contributed by atoms with van der Waals surface area (Å²) < 4.78 is 6.32. The van der Waals surface area contributed by atoms with Gasteiger partial charge in [0.2, 0.25) is 0 Å². The summed E-state index contributed by atoms with van der Waals surface area (Å²) in [6, 6.07) is 21.8. The van der Waals surface area contributed by atoms with E-state index in [2.05, 4.69) is 26.0 Å². The Morgan fingerprint density at radius 3 is 2.46 bits per heavy atom. The van der Waals surface area contributed by atoms with Gasteiger partial charge < -0.3 is 4.74 Å². The summed E-state index contributed by atoms with van der Waals surface area (Å²) in [6.07, 6.45) is 3.03. The molecule has 3 heteroatoms. The molecule has 0 amide bonds. The minimum absolute atomic E-state index is 0.0689. The lowest BCUT2D eigenvalue weighted by molar-refractivity contribution is 0.101. The van der Waals surface area contributed by atoms with Crippen molar-refractivity contribution < 1.29 is 9.53 Å². The van der Waals surface area contributed by atoms with Gasteiger partial charge in [0.05, 0.1) is 11.4 Å². The zero-order chi connectivity index (χ0) is 19.9. The topological polar surface area (TPSA) is 39.2 Å². The number of ether oxygens (including phenoxy) is 1. The van der Waals surface area contributed by atoms with Gasteiger partial charge in [-0.2, -0.15) is 0 Å². The number of hydrogen-bond acceptors (Lipinski definition) is 3. The molecule has 0 aliphatic carbocycles. The van der Waals surface area contributed by atoms with E-state index >= 15 is 0 Å². The van der Waals surface area contributed by atoms with Gasteiger partial charge in [0, 0.05) is 11.1 Å². The number of benzene rings is 2. The standard InChI is InChI=1S/C25H27NO2/c1-4-5-12-25(28-22-9-6-8-18(2)17-22)24-11-7-10-23(26-24)21-15-13-20(14-16-21)19(3)27/h6-11,13-17,25H,4-5,12H2,1-3H3/t25-/m0/s1. The van der Waals surface area contributed by atoms with Crippen LogP contribution >= 0.6 is 0 Å². The highest BCUT2D eigenvalue weighted by Crippen LogP contribution is 2.28. The van der Waals surface area contributed by atoms with Crippen LogP contribution in [-0.4, -0.2) is 10.8 Å². The van der Waals surface area contributed by atoms with Gasteiger partial charge in [-0.3, -0.25) is 4.79 Å². The van der Waals surface area contributed by atoms with E-state index in [1.54, 1.807) is 6.92 Å². The van der Waals surface area contributed by atoms with Gasteiger partial charge in [0.25, 0.3) is 0 Å². The van der Waals surface area contributed by atoms with Gasteiger partial charge in [-0.15, -0.1) is 0 Å². The van der Waals surface area contributed by atoms with Crippen LogP contribution in [0.4, 0.5) is 0 Å². The van der Waals surface area contributed by atoms with Crippen LogP contribution in [0.1, 0.15) is 60.8 Å². The predicted octanol–water partition coefficient (Wildman–Crippen LogP) is 6.57. The number of carbonyl (C=O) groups is 1. The number of carbonyl (C=O) groups excluding carboxylic acids is 1. The summed E-state index contributed by atoms with van der Waals surface area (Å²) in [6.45, 7) is 5.83. The fourth-order valence-corrected chi connectivity index (χ4v) is 3.18. The fraction of sp³-hybridized carbons (Fsp3) is 0.280. The lowest BCUT2D eigenvalue weighted by atomic mass is 10.0. The highest BCUT2D eigenvalue weighted by molar-refractivity contribution is 5.94. The number of aryl methyl sites for hydroxylation is 1. The Balaban J connectivity index is 1.87. The van der Waals surface area contributed by atoms with Crippen molar-refractivity contribution in [3.05, 3.63) is 83.6 Å². The Labute approximate surface area is 167 Å². The van der Waals surface area contributed by atoms with Gasteiger partial charge in [-0.25, -0.2) is 4.98 Å². The highest BCUT2D eigenvalue weighted by Gasteiger charge is 2.16. The average Bonchev–Trinajstić information content (AvgIpc) is 2.71. The number of unbranched alkanes of at least 4 members (excludes halogenated alkanes) is 1. The smallest absolute Gasteiger partial charge is 0.159 e. The third kappa shape index (κ3) is 5.07. The second kappa shape index (κ2) is 9.32. The molecule has 0 fully saturated rings. The zero-order valence-electron chi connectivity index (χ0n) is 16.8. The van der Waals surface area contributed by atoms with Crippen molar-refractivity contribution >= 4 is 5.78 Å². The molecule has 1 heterocycles. The molecule has 1 atom stereocenters. The number of aromatic nitrogens is 1. The summed E-state index contributed by atoms with van der Waals surface area (Å²) in [5.41, 5.74) is 4.71. The van der Waals surface area contributed by atoms with Crippen molar-refractivity contribution in [2.75, 3.05) is 0 Å². The Morgan fingerprint density at radius 2 is 1.79 bits per heavy atom. The number of pyridine rings is 1. The summed E-state index contributed by atoms with van der Waals surface area (Å²) in [7, 11) is 0. The largest absolute Gasteiger partial charge is 0.484 e. The lowest BCUT2D eigenvalue weighted by Gasteiger charge is -2.19. The van der Waals surface area contributed by atoms with Crippen LogP contribution < -0.4 is 4.74 Å². The van der Waals surface area contributed by atoms with Crippen molar-refractivity contribution in [3.63, 3.8) is 0 Å². The second-order valence-corrected chi connectivity index (χ2v) is 7.15.